The Morgan fingerprint density at radius 3 is 2.77 bits per heavy atom. The molecule has 0 saturated heterocycles. The van der Waals surface area contributed by atoms with Crippen LogP contribution in [0.25, 0.3) is 0 Å². The first-order valence-corrected chi connectivity index (χ1v) is 4.61. The van der Waals surface area contributed by atoms with Gasteiger partial charge in [-0.25, -0.2) is 0 Å². The minimum Gasteiger partial charge on any atom is -0.358 e. The van der Waals surface area contributed by atoms with Gasteiger partial charge < -0.3 is 5.32 Å². The number of nitrogens with zero attached hydrogens (tertiary/aromatic N) is 1. The van der Waals surface area contributed by atoms with Crippen molar-refractivity contribution >= 4 is 5.91 Å². The molecule has 0 saturated carbocycles. The van der Waals surface area contributed by atoms with E-state index in [1.807, 2.05) is 6.92 Å². The Kier molecular flexibility index (Phi) is 7.04. The molecule has 13 heavy (non-hydrogen) atoms. The average molecular weight is 182 g/mol. The fourth-order valence-corrected chi connectivity index (χ4v) is 1.04. The molecule has 0 aliphatic rings. The smallest absolute Gasteiger partial charge is 0.233 e. The first-order chi connectivity index (χ1) is 6.24. The van der Waals surface area contributed by atoms with E-state index in [9.17, 15) is 4.79 Å². The van der Waals surface area contributed by atoms with Crippen LogP contribution in [0.4, 0.5) is 0 Å². The maximum Gasteiger partial charge on any atom is 0.233 e. The van der Waals surface area contributed by atoms with Crippen LogP contribution in [0.15, 0.2) is 0 Å². The van der Waals surface area contributed by atoms with Crippen molar-refractivity contribution in [2.45, 2.75) is 19.8 Å². The average Bonchev–Trinajstić information content (AvgIpc) is 2.16. The fraction of sp³-hybridized carbons (Fsp3) is 0.700. The van der Waals surface area contributed by atoms with Gasteiger partial charge in [0.25, 0.3) is 0 Å². The van der Waals surface area contributed by atoms with Crippen molar-refractivity contribution in [3.8, 4) is 12.3 Å². The molecule has 0 unspecified atom stereocenters. The summed E-state index contributed by atoms with van der Waals surface area (Å²) >= 11 is 0. The molecule has 0 aromatic heterocycles. The number of hydrogen-bond acceptors (Lipinski definition) is 2. The van der Waals surface area contributed by atoms with Gasteiger partial charge in [-0.05, 0) is 19.5 Å². The Morgan fingerprint density at radius 1 is 1.62 bits per heavy atom. The molecule has 0 aliphatic heterocycles. The number of amides is 1. The molecular weight excluding hydrogens is 164 g/mol. The van der Waals surface area contributed by atoms with Gasteiger partial charge in [0.15, 0.2) is 0 Å². The molecule has 0 heterocycles. The van der Waals surface area contributed by atoms with E-state index in [0.29, 0.717) is 6.54 Å². The summed E-state index contributed by atoms with van der Waals surface area (Å²) < 4.78 is 0. The minimum atomic E-state index is 0.0579. The molecule has 0 fully saturated rings. The third kappa shape index (κ3) is 6.18. The number of carbonyl (C=O) groups excluding carboxylic acids is 1. The van der Waals surface area contributed by atoms with Gasteiger partial charge in [0, 0.05) is 13.5 Å². The van der Waals surface area contributed by atoms with Gasteiger partial charge >= 0.3 is 0 Å². The molecule has 0 radical (unpaired) electrons. The van der Waals surface area contributed by atoms with Crippen molar-refractivity contribution in [2.24, 2.45) is 0 Å². The van der Waals surface area contributed by atoms with Crippen LogP contribution in [0.1, 0.15) is 19.8 Å². The maximum atomic E-state index is 11.0. The standard InChI is InChI=1S/C10H18N2O/c1-4-6-7-8-12(5-2)9-10(13)11-3/h1H,5-9H2,2-3H3,(H,11,13). The molecule has 0 bridgehead atoms. The second-order valence-electron chi connectivity index (χ2n) is 2.85. The van der Waals surface area contributed by atoms with Crippen molar-refractivity contribution in [3.63, 3.8) is 0 Å². The molecule has 0 aromatic rings. The number of hydrogen-bond donors (Lipinski definition) is 1. The summed E-state index contributed by atoms with van der Waals surface area (Å²) in [5.41, 5.74) is 0. The van der Waals surface area contributed by atoms with Crippen molar-refractivity contribution < 1.29 is 4.79 Å². The monoisotopic (exact) mass is 182 g/mol. The molecule has 0 atom stereocenters. The van der Waals surface area contributed by atoms with Gasteiger partial charge in [-0.1, -0.05) is 6.92 Å². The summed E-state index contributed by atoms with van der Waals surface area (Å²) in [5, 5.41) is 2.60. The van der Waals surface area contributed by atoms with Crippen molar-refractivity contribution in [2.75, 3.05) is 26.7 Å². The Morgan fingerprint density at radius 2 is 2.31 bits per heavy atom. The second kappa shape index (κ2) is 7.63. The Balaban J connectivity index is 3.64. The van der Waals surface area contributed by atoms with E-state index in [-0.39, 0.29) is 5.91 Å². The van der Waals surface area contributed by atoms with Crippen LogP contribution in [0.3, 0.4) is 0 Å². The maximum absolute atomic E-state index is 11.0. The highest BCUT2D eigenvalue weighted by Crippen LogP contribution is 1.93. The largest absolute Gasteiger partial charge is 0.358 e. The van der Waals surface area contributed by atoms with Gasteiger partial charge in [-0.3, -0.25) is 9.69 Å². The van der Waals surface area contributed by atoms with E-state index in [0.717, 1.165) is 25.9 Å². The Bertz CT molecular complexity index is 184. The highest BCUT2D eigenvalue weighted by atomic mass is 16.1. The third-order valence-electron chi connectivity index (χ3n) is 1.89. The lowest BCUT2D eigenvalue weighted by molar-refractivity contribution is -0.121. The predicted octanol–water partition coefficient (Wildman–Crippen LogP) is 0.468. The molecule has 3 nitrogen and oxygen atoms in total. The number of unbranched alkanes of at least 4 members (excludes halogenated alkanes) is 1. The van der Waals surface area contributed by atoms with Crippen LogP contribution in [-0.4, -0.2) is 37.5 Å². The van der Waals surface area contributed by atoms with Crippen LogP contribution in [0, 0.1) is 12.3 Å². The van der Waals surface area contributed by atoms with E-state index >= 15 is 0 Å². The van der Waals surface area contributed by atoms with Crippen LogP contribution < -0.4 is 5.32 Å². The summed E-state index contributed by atoms with van der Waals surface area (Å²) in [5.74, 6) is 2.65. The van der Waals surface area contributed by atoms with Crippen LogP contribution >= 0.6 is 0 Å². The summed E-state index contributed by atoms with van der Waals surface area (Å²) in [6.07, 6.45) is 6.88. The lowest BCUT2D eigenvalue weighted by Gasteiger charge is -2.18. The summed E-state index contributed by atoms with van der Waals surface area (Å²) in [4.78, 5) is 13.1. The molecule has 0 spiro atoms. The number of likely N-dealkylation sites (N-methyl/N-ethyl adjacent to an activating group) is 2. The second-order valence-corrected chi connectivity index (χ2v) is 2.85. The number of rotatable bonds is 6. The number of nitrogens with one attached hydrogen (secondary N) is 1. The zero-order chi connectivity index (χ0) is 10.1. The van der Waals surface area contributed by atoms with Gasteiger partial charge in [-0.2, -0.15) is 0 Å². The third-order valence-corrected chi connectivity index (χ3v) is 1.89. The van der Waals surface area contributed by atoms with Gasteiger partial charge in [0.1, 0.15) is 0 Å². The molecule has 74 valence electrons. The molecule has 0 rings (SSSR count). The Labute approximate surface area is 80.5 Å². The molecule has 0 aromatic carbocycles. The van der Waals surface area contributed by atoms with Crippen molar-refractivity contribution in [1.29, 1.82) is 0 Å². The normalized spacial score (nSPS) is 9.69. The van der Waals surface area contributed by atoms with Crippen LogP contribution in [0.5, 0.6) is 0 Å². The van der Waals surface area contributed by atoms with Crippen molar-refractivity contribution in [1.82, 2.24) is 10.2 Å². The van der Waals surface area contributed by atoms with Crippen LogP contribution in [-0.2, 0) is 4.79 Å². The van der Waals surface area contributed by atoms with Gasteiger partial charge in [0.05, 0.1) is 6.54 Å². The minimum absolute atomic E-state index is 0.0579. The van der Waals surface area contributed by atoms with E-state index in [1.165, 1.54) is 0 Å². The SMILES string of the molecule is C#CCCCN(CC)CC(=O)NC. The summed E-state index contributed by atoms with van der Waals surface area (Å²) in [6.45, 7) is 4.29. The topological polar surface area (TPSA) is 32.3 Å². The predicted molar refractivity (Wildman–Crippen MR) is 54.2 cm³/mol. The lowest BCUT2D eigenvalue weighted by atomic mass is 10.3. The number of terminal acetylenes is 1. The van der Waals surface area contributed by atoms with E-state index in [1.54, 1.807) is 7.05 Å². The highest BCUT2D eigenvalue weighted by Gasteiger charge is 2.05. The zero-order valence-corrected chi connectivity index (χ0v) is 8.47. The van der Waals surface area contributed by atoms with Crippen molar-refractivity contribution in [3.05, 3.63) is 0 Å². The zero-order valence-electron chi connectivity index (χ0n) is 8.47. The van der Waals surface area contributed by atoms with Gasteiger partial charge in [0.2, 0.25) is 5.91 Å². The van der Waals surface area contributed by atoms with Crippen LogP contribution in [0.2, 0.25) is 0 Å². The summed E-state index contributed by atoms with van der Waals surface area (Å²) in [7, 11) is 1.65. The first kappa shape index (κ1) is 12.0. The molecule has 3 heteroatoms. The van der Waals surface area contributed by atoms with E-state index in [4.69, 9.17) is 6.42 Å². The molecule has 1 amide bonds. The number of carbonyl (C=O) groups is 1. The van der Waals surface area contributed by atoms with E-state index < -0.39 is 0 Å². The van der Waals surface area contributed by atoms with Gasteiger partial charge in [-0.15, -0.1) is 12.3 Å². The summed E-state index contributed by atoms with van der Waals surface area (Å²) in [6, 6.07) is 0. The quantitative estimate of drug-likeness (QED) is 0.478. The molecular formula is C10H18N2O. The van der Waals surface area contributed by atoms with E-state index in [2.05, 4.69) is 16.1 Å². The lowest BCUT2D eigenvalue weighted by Crippen LogP contribution is -2.36. The molecule has 1 N–H and O–H groups in total. The molecule has 0 aliphatic carbocycles. The Hall–Kier alpha value is -1.01. The first-order valence-electron chi connectivity index (χ1n) is 4.61. The highest BCUT2D eigenvalue weighted by molar-refractivity contribution is 5.77. The fourth-order valence-electron chi connectivity index (χ4n) is 1.04.